The minimum absolute atomic E-state index is 0.0366. The molecule has 0 aromatic heterocycles. The number of piperidine rings is 1. The van der Waals surface area contributed by atoms with E-state index in [-0.39, 0.29) is 22.6 Å². The number of hydrogen-bond donors (Lipinski definition) is 1. The average molecular weight is 484 g/mol. The number of hydrogen-bond acceptors (Lipinski definition) is 4. The molecule has 0 aliphatic carbocycles. The lowest BCUT2D eigenvalue weighted by atomic mass is 9.96. The number of aryl methyl sites for hydroxylation is 3. The topological polar surface area (TPSA) is 86.8 Å². The Bertz CT molecular complexity index is 1150. The molecule has 0 spiro atoms. The first-order chi connectivity index (χ1) is 16.1. The molecule has 2 aromatic rings. The van der Waals surface area contributed by atoms with Crippen LogP contribution < -0.4 is 5.32 Å². The van der Waals surface area contributed by atoms with Gasteiger partial charge in [0, 0.05) is 31.2 Å². The quantitative estimate of drug-likeness (QED) is 0.703. The van der Waals surface area contributed by atoms with Crippen molar-refractivity contribution in [3.63, 3.8) is 0 Å². The third kappa shape index (κ3) is 5.18. The van der Waals surface area contributed by atoms with Crippen molar-refractivity contribution in [3.8, 4) is 0 Å². The second kappa shape index (κ2) is 9.88. The number of benzene rings is 2. The number of amides is 2. The molecule has 2 aromatic carbocycles. The molecule has 1 N–H and O–H groups in total. The number of sulfonamides is 1. The molecular formula is C26H33N3O4S. The number of rotatable bonds is 5. The van der Waals surface area contributed by atoms with E-state index in [1.807, 2.05) is 39.0 Å². The van der Waals surface area contributed by atoms with Gasteiger partial charge in [0.25, 0.3) is 0 Å². The van der Waals surface area contributed by atoms with Crippen molar-refractivity contribution in [2.45, 2.75) is 57.4 Å². The van der Waals surface area contributed by atoms with Crippen molar-refractivity contribution in [2.24, 2.45) is 5.92 Å². The van der Waals surface area contributed by atoms with Crippen molar-refractivity contribution in [3.05, 3.63) is 59.2 Å². The average Bonchev–Trinajstić information content (AvgIpc) is 3.28. The summed E-state index contributed by atoms with van der Waals surface area (Å²) in [7, 11) is -3.57. The fourth-order valence-electron chi connectivity index (χ4n) is 5.01. The van der Waals surface area contributed by atoms with Crippen LogP contribution in [0.25, 0.3) is 0 Å². The van der Waals surface area contributed by atoms with E-state index >= 15 is 0 Å². The van der Waals surface area contributed by atoms with Crippen LogP contribution in [0, 0.1) is 26.7 Å². The van der Waals surface area contributed by atoms with Gasteiger partial charge in [-0.15, -0.1) is 0 Å². The van der Waals surface area contributed by atoms with E-state index in [2.05, 4.69) is 5.32 Å². The largest absolute Gasteiger partial charge is 0.330 e. The lowest BCUT2D eigenvalue weighted by Gasteiger charge is -2.34. The number of carbonyl (C=O) groups is 2. The van der Waals surface area contributed by atoms with Crippen LogP contribution in [-0.4, -0.2) is 55.1 Å². The maximum atomic E-state index is 13.3. The molecule has 1 atom stereocenters. The van der Waals surface area contributed by atoms with E-state index in [1.165, 1.54) is 4.31 Å². The van der Waals surface area contributed by atoms with Gasteiger partial charge < -0.3 is 10.2 Å². The molecule has 8 heteroatoms. The summed E-state index contributed by atoms with van der Waals surface area (Å²) >= 11 is 0. The minimum atomic E-state index is -3.57. The first-order valence-corrected chi connectivity index (χ1v) is 13.4. The van der Waals surface area contributed by atoms with Crippen LogP contribution >= 0.6 is 0 Å². The Hall–Kier alpha value is -2.71. The molecule has 7 nitrogen and oxygen atoms in total. The zero-order valence-electron chi connectivity index (χ0n) is 20.1. The van der Waals surface area contributed by atoms with E-state index in [0.717, 1.165) is 28.8 Å². The Morgan fingerprint density at radius 1 is 0.853 bits per heavy atom. The lowest BCUT2D eigenvalue weighted by molar-refractivity contribution is -0.141. The van der Waals surface area contributed by atoms with Gasteiger partial charge in [-0.2, -0.15) is 4.31 Å². The fourth-order valence-corrected chi connectivity index (χ4v) is 6.48. The summed E-state index contributed by atoms with van der Waals surface area (Å²) in [5.74, 6) is -0.459. The molecule has 0 bridgehead atoms. The normalized spacial score (nSPS) is 19.9. The Kier molecular flexibility index (Phi) is 7.09. The monoisotopic (exact) mass is 483 g/mol. The van der Waals surface area contributed by atoms with Crippen LogP contribution in [0.5, 0.6) is 0 Å². The van der Waals surface area contributed by atoms with E-state index in [1.54, 1.807) is 29.2 Å². The Balaban J connectivity index is 1.38. The highest BCUT2D eigenvalue weighted by Crippen LogP contribution is 2.29. The molecule has 4 rings (SSSR count). The molecule has 2 fully saturated rings. The molecule has 2 aliphatic heterocycles. The number of nitrogens with zero attached hydrogens (tertiary/aromatic N) is 2. The van der Waals surface area contributed by atoms with Crippen LogP contribution in [0.2, 0.25) is 0 Å². The number of carbonyl (C=O) groups excluding carboxylic acids is 2. The molecule has 2 aliphatic rings. The van der Waals surface area contributed by atoms with Gasteiger partial charge in [-0.1, -0.05) is 23.8 Å². The van der Waals surface area contributed by atoms with Crippen LogP contribution in [0.4, 0.5) is 5.69 Å². The van der Waals surface area contributed by atoms with Gasteiger partial charge in [0.2, 0.25) is 21.8 Å². The molecule has 2 saturated heterocycles. The van der Waals surface area contributed by atoms with Crippen LogP contribution in [0.15, 0.2) is 47.4 Å². The predicted molar refractivity (Wildman–Crippen MR) is 132 cm³/mol. The molecule has 2 heterocycles. The van der Waals surface area contributed by atoms with Crippen LogP contribution in [0.1, 0.15) is 42.4 Å². The molecule has 0 radical (unpaired) electrons. The van der Waals surface area contributed by atoms with Gasteiger partial charge in [-0.05, 0) is 81.8 Å². The maximum Gasteiger partial charge on any atom is 0.247 e. The molecule has 2 amide bonds. The summed E-state index contributed by atoms with van der Waals surface area (Å²) in [5.41, 5.74) is 3.89. The SMILES string of the molecule is Cc1ccc(S(=O)(=O)N2CCC(C(=O)N3CCC[C@@H]3C(=O)Nc3cc(C)cc(C)c3)CC2)cc1. The summed E-state index contributed by atoms with van der Waals surface area (Å²) in [6, 6.07) is 12.3. The van der Waals surface area contributed by atoms with E-state index < -0.39 is 16.1 Å². The third-order valence-corrected chi connectivity index (χ3v) is 8.70. The van der Waals surface area contributed by atoms with Gasteiger partial charge >= 0.3 is 0 Å². The highest BCUT2D eigenvalue weighted by molar-refractivity contribution is 7.89. The molecule has 0 unspecified atom stereocenters. The Labute approximate surface area is 202 Å². The van der Waals surface area contributed by atoms with Gasteiger partial charge in [-0.25, -0.2) is 8.42 Å². The van der Waals surface area contributed by atoms with Gasteiger partial charge in [0.1, 0.15) is 6.04 Å². The summed E-state index contributed by atoms with van der Waals surface area (Å²) in [4.78, 5) is 28.3. The summed E-state index contributed by atoms with van der Waals surface area (Å²) < 4.78 is 27.4. The minimum Gasteiger partial charge on any atom is -0.330 e. The third-order valence-electron chi connectivity index (χ3n) is 6.79. The number of nitrogens with one attached hydrogen (secondary N) is 1. The van der Waals surface area contributed by atoms with Crippen molar-refractivity contribution in [1.82, 2.24) is 9.21 Å². The first kappa shape index (κ1) is 24.4. The van der Waals surface area contributed by atoms with Gasteiger partial charge in [-0.3, -0.25) is 9.59 Å². The van der Waals surface area contributed by atoms with Crippen molar-refractivity contribution in [2.75, 3.05) is 25.0 Å². The Morgan fingerprint density at radius 3 is 2.09 bits per heavy atom. The molecule has 34 heavy (non-hydrogen) atoms. The highest BCUT2D eigenvalue weighted by atomic mass is 32.2. The maximum absolute atomic E-state index is 13.3. The molecule has 0 saturated carbocycles. The summed E-state index contributed by atoms with van der Waals surface area (Å²) in [6.45, 7) is 7.06. The van der Waals surface area contributed by atoms with Crippen LogP contribution in [-0.2, 0) is 19.6 Å². The van der Waals surface area contributed by atoms with Crippen molar-refractivity contribution in [1.29, 1.82) is 0 Å². The van der Waals surface area contributed by atoms with Crippen molar-refractivity contribution < 1.29 is 18.0 Å². The zero-order valence-corrected chi connectivity index (χ0v) is 20.9. The standard InChI is InChI=1S/C26H33N3O4S/c1-18-6-8-23(9-7-18)34(32,33)28-13-10-21(11-14-28)26(31)29-12-4-5-24(29)25(30)27-22-16-19(2)15-20(3)17-22/h6-9,15-17,21,24H,4-5,10-14H2,1-3H3,(H,27,30)/t24-/m1/s1. The van der Waals surface area contributed by atoms with Gasteiger partial charge in [0.05, 0.1) is 4.90 Å². The summed E-state index contributed by atoms with van der Waals surface area (Å²) in [5, 5.41) is 2.98. The smallest absolute Gasteiger partial charge is 0.247 e. The molecule has 182 valence electrons. The second-order valence-electron chi connectivity index (χ2n) is 9.55. The predicted octanol–water partition coefficient (Wildman–Crippen LogP) is 3.64. The lowest BCUT2D eigenvalue weighted by Crippen LogP contribution is -2.48. The highest BCUT2D eigenvalue weighted by Gasteiger charge is 2.39. The van der Waals surface area contributed by atoms with Crippen molar-refractivity contribution >= 4 is 27.5 Å². The van der Waals surface area contributed by atoms with E-state index in [0.29, 0.717) is 38.9 Å². The fraction of sp³-hybridized carbons (Fsp3) is 0.462. The Morgan fingerprint density at radius 2 is 1.47 bits per heavy atom. The molecular weight excluding hydrogens is 450 g/mol. The van der Waals surface area contributed by atoms with Gasteiger partial charge in [0.15, 0.2) is 0 Å². The zero-order chi connectivity index (χ0) is 24.5. The van der Waals surface area contributed by atoms with E-state index in [9.17, 15) is 18.0 Å². The second-order valence-corrected chi connectivity index (χ2v) is 11.5. The van der Waals surface area contributed by atoms with Crippen LogP contribution in [0.3, 0.4) is 0 Å². The first-order valence-electron chi connectivity index (χ1n) is 11.9. The number of likely N-dealkylation sites (tertiary alicyclic amines) is 1. The summed E-state index contributed by atoms with van der Waals surface area (Å²) in [6.07, 6.45) is 2.36. The van der Waals surface area contributed by atoms with E-state index in [4.69, 9.17) is 0 Å². The number of anilines is 1.